The smallest absolute Gasteiger partial charge is 0.223 e. The molecule has 0 unspecified atom stereocenters. The van der Waals surface area contributed by atoms with E-state index in [1.54, 1.807) is 0 Å². The number of rotatable bonds is 4. The maximum Gasteiger partial charge on any atom is 0.223 e. The van der Waals surface area contributed by atoms with Crippen molar-refractivity contribution in [2.45, 2.75) is 64.6 Å². The highest BCUT2D eigenvalue weighted by Crippen LogP contribution is 2.31. The van der Waals surface area contributed by atoms with E-state index in [2.05, 4.69) is 19.9 Å². The molecule has 116 valence electrons. The minimum Gasteiger partial charge on any atom is -0.340 e. The molecule has 0 saturated carbocycles. The molecule has 0 bridgehead atoms. The molecule has 1 aromatic rings. The summed E-state index contributed by atoms with van der Waals surface area (Å²) in [6, 6.07) is 0.815. The fourth-order valence-corrected chi connectivity index (χ4v) is 3.78. The van der Waals surface area contributed by atoms with Crippen molar-refractivity contribution in [1.82, 2.24) is 19.9 Å². The van der Waals surface area contributed by atoms with E-state index in [1.165, 1.54) is 6.42 Å². The van der Waals surface area contributed by atoms with Gasteiger partial charge in [0.15, 0.2) is 5.82 Å². The Morgan fingerprint density at radius 3 is 2.76 bits per heavy atom. The molecule has 2 aliphatic rings. The van der Waals surface area contributed by atoms with Crippen LogP contribution in [0.1, 0.15) is 50.7 Å². The lowest BCUT2D eigenvalue weighted by Crippen LogP contribution is -2.47. The summed E-state index contributed by atoms with van der Waals surface area (Å²) in [6.07, 6.45) is 5.20. The molecule has 3 heterocycles. The van der Waals surface area contributed by atoms with Crippen molar-refractivity contribution in [3.05, 3.63) is 11.7 Å². The fraction of sp³-hybridized carbons (Fsp3) is 0.800. The monoisotopic (exact) mass is 292 g/mol. The number of nitrogens with zero attached hydrogens (tertiary/aromatic N) is 4. The van der Waals surface area contributed by atoms with Gasteiger partial charge in [0, 0.05) is 32.0 Å². The molecule has 0 radical (unpaired) electrons. The molecule has 1 aromatic heterocycles. The molecule has 6 heteroatoms. The summed E-state index contributed by atoms with van der Waals surface area (Å²) in [5, 5.41) is 4.00. The van der Waals surface area contributed by atoms with E-state index in [9.17, 15) is 4.79 Å². The Hall–Kier alpha value is -1.43. The van der Waals surface area contributed by atoms with Crippen molar-refractivity contribution in [1.29, 1.82) is 0 Å². The van der Waals surface area contributed by atoms with Gasteiger partial charge in [0.05, 0.1) is 6.54 Å². The summed E-state index contributed by atoms with van der Waals surface area (Å²) in [5.74, 6) is 1.66. The normalized spacial score (nSPS) is 26.7. The van der Waals surface area contributed by atoms with Crippen molar-refractivity contribution in [2.24, 2.45) is 0 Å². The van der Waals surface area contributed by atoms with Crippen molar-refractivity contribution in [3.8, 4) is 0 Å². The standard InChI is InChI=1S/C15H24N4O2/c1-3-15(20)19-9-5-7-13(19)12-6-4-8-18(12)10-14-16-11(2)21-17-14/h12-13H,3-10H2,1-2H3/t12-,13+/m0/s1. The van der Waals surface area contributed by atoms with Gasteiger partial charge in [-0.05, 0) is 32.2 Å². The van der Waals surface area contributed by atoms with Crippen LogP contribution in [0.2, 0.25) is 0 Å². The maximum atomic E-state index is 12.1. The minimum atomic E-state index is 0.291. The van der Waals surface area contributed by atoms with Crippen LogP contribution in [0, 0.1) is 6.92 Å². The number of hydrogen-bond donors (Lipinski definition) is 0. The molecule has 0 N–H and O–H groups in total. The second-order valence-corrected chi connectivity index (χ2v) is 6.06. The van der Waals surface area contributed by atoms with Crippen LogP contribution in [-0.4, -0.2) is 51.0 Å². The second kappa shape index (κ2) is 6.13. The van der Waals surface area contributed by atoms with Crippen LogP contribution in [0.5, 0.6) is 0 Å². The predicted octanol–water partition coefficient (Wildman–Crippen LogP) is 1.74. The van der Waals surface area contributed by atoms with Crippen molar-refractivity contribution in [2.75, 3.05) is 13.1 Å². The number of likely N-dealkylation sites (tertiary alicyclic amines) is 2. The SMILES string of the molecule is CCC(=O)N1CCC[C@@H]1[C@@H]1CCCN1Cc1noc(C)n1. The first-order valence-electron chi connectivity index (χ1n) is 8.01. The largest absolute Gasteiger partial charge is 0.340 e. The molecule has 2 saturated heterocycles. The van der Waals surface area contributed by atoms with Gasteiger partial charge in [-0.25, -0.2) is 0 Å². The third-order valence-electron chi connectivity index (χ3n) is 4.69. The Kier molecular flexibility index (Phi) is 4.24. The number of carbonyl (C=O) groups excluding carboxylic acids is 1. The highest BCUT2D eigenvalue weighted by atomic mass is 16.5. The maximum absolute atomic E-state index is 12.1. The molecular weight excluding hydrogens is 268 g/mol. The van der Waals surface area contributed by atoms with E-state index in [0.717, 1.165) is 44.7 Å². The lowest BCUT2D eigenvalue weighted by atomic mass is 10.0. The molecule has 1 amide bonds. The predicted molar refractivity (Wildman–Crippen MR) is 77.5 cm³/mol. The highest BCUT2D eigenvalue weighted by molar-refractivity contribution is 5.76. The van der Waals surface area contributed by atoms with E-state index in [4.69, 9.17) is 4.52 Å². The van der Waals surface area contributed by atoms with Crippen molar-refractivity contribution in [3.63, 3.8) is 0 Å². The summed E-state index contributed by atoms with van der Waals surface area (Å²) < 4.78 is 5.06. The molecule has 0 aromatic carbocycles. The van der Waals surface area contributed by atoms with Crippen molar-refractivity contribution < 1.29 is 9.32 Å². The quantitative estimate of drug-likeness (QED) is 0.846. The summed E-state index contributed by atoms with van der Waals surface area (Å²) in [6.45, 7) is 6.47. The summed E-state index contributed by atoms with van der Waals surface area (Å²) in [7, 11) is 0. The molecular formula is C15H24N4O2. The van der Waals surface area contributed by atoms with E-state index >= 15 is 0 Å². The van der Waals surface area contributed by atoms with E-state index in [1.807, 2.05) is 13.8 Å². The van der Waals surface area contributed by atoms with Crippen LogP contribution in [0.4, 0.5) is 0 Å². The average molecular weight is 292 g/mol. The molecule has 6 nitrogen and oxygen atoms in total. The van der Waals surface area contributed by atoms with Gasteiger partial charge >= 0.3 is 0 Å². The van der Waals surface area contributed by atoms with Gasteiger partial charge in [0.25, 0.3) is 0 Å². The van der Waals surface area contributed by atoms with Gasteiger partial charge in [0.2, 0.25) is 11.8 Å². The first-order chi connectivity index (χ1) is 10.2. The molecule has 2 fully saturated rings. The number of aromatic nitrogens is 2. The van der Waals surface area contributed by atoms with Gasteiger partial charge in [-0.3, -0.25) is 9.69 Å². The zero-order chi connectivity index (χ0) is 14.8. The summed E-state index contributed by atoms with van der Waals surface area (Å²) >= 11 is 0. The Labute approximate surface area is 125 Å². The number of carbonyl (C=O) groups is 1. The van der Waals surface area contributed by atoms with Crippen LogP contribution in [0.15, 0.2) is 4.52 Å². The Bertz CT molecular complexity index is 502. The lowest BCUT2D eigenvalue weighted by Gasteiger charge is -2.34. The molecule has 0 aliphatic carbocycles. The van der Waals surface area contributed by atoms with Crippen LogP contribution >= 0.6 is 0 Å². The number of hydrogen-bond acceptors (Lipinski definition) is 5. The van der Waals surface area contributed by atoms with E-state index in [0.29, 0.717) is 30.3 Å². The first-order valence-corrected chi connectivity index (χ1v) is 8.01. The Morgan fingerprint density at radius 1 is 1.29 bits per heavy atom. The van der Waals surface area contributed by atoms with Gasteiger partial charge in [-0.15, -0.1) is 0 Å². The van der Waals surface area contributed by atoms with Gasteiger partial charge in [-0.2, -0.15) is 4.98 Å². The number of amides is 1. The van der Waals surface area contributed by atoms with E-state index < -0.39 is 0 Å². The summed E-state index contributed by atoms with van der Waals surface area (Å²) in [4.78, 5) is 21.0. The topological polar surface area (TPSA) is 62.5 Å². The van der Waals surface area contributed by atoms with E-state index in [-0.39, 0.29) is 0 Å². The Morgan fingerprint density at radius 2 is 2.05 bits per heavy atom. The van der Waals surface area contributed by atoms with Crippen molar-refractivity contribution >= 4 is 5.91 Å². The average Bonchev–Trinajstić information content (AvgIpc) is 3.18. The molecule has 21 heavy (non-hydrogen) atoms. The molecule has 3 rings (SSSR count). The third-order valence-corrected chi connectivity index (χ3v) is 4.69. The minimum absolute atomic E-state index is 0.291. The highest BCUT2D eigenvalue weighted by Gasteiger charge is 2.39. The van der Waals surface area contributed by atoms with Gasteiger partial charge < -0.3 is 9.42 Å². The zero-order valence-corrected chi connectivity index (χ0v) is 12.9. The Balaban J connectivity index is 1.69. The fourth-order valence-electron chi connectivity index (χ4n) is 3.78. The van der Waals surface area contributed by atoms with Crippen LogP contribution < -0.4 is 0 Å². The second-order valence-electron chi connectivity index (χ2n) is 6.06. The third kappa shape index (κ3) is 2.95. The van der Waals surface area contributed by atoms with Crippen LogP contribution in [0.3, 0.4) is 0 Å². The first kappa shape index (κ1) is 14.5. The lowest BCUT2D eigenvalue weighted by molar-refractivity contribution is -0.132. The molecule has 2 aliphatic heterocycles. The zero-order valence-electron chi connectivity index (χ0n) is 12.9. The van der Waals surface area contributed by atoms with Gasteiger partial charge in [0.1, 0.15) is 0 Å². The molecule has 0 spiro atoms. The van der Waals surface area contributed by atoms with Gasteiger partial charge in [-0.1, -0.05) is 12.1 Å². The molecule has 2 atom stereocenters. The number of aryl methyl sites for hydroxylation is 1. The summed E-state index contributed by atoms with van der Waals surface area (Å²) in [5.41, 5.74) is 0. The van der Waals surface area contributed by atoms with Crippen LogP contribution in [0.25, 0.3) is 0 Å². The van der Waals surface area contributed by atoms with Crippen LogP contribution in [-0.2, 0) is 11.3 Å².